The summed E-state index contributed by atoms with van der Waals surface area (Å²) in [5.41, 5.74) is 4.48. The molecule has 0 saturated carbocycles. The van der Waals surface area contributed by atoms with E-state index in [9.17, 15) is 13.2 Å². The van der Waals surface area contributed by atoms with Crippen molar-refractivity contribution in [3.8, 4) is 0 Å². The predicted octanol–water partition coefficient (Wildman–Crippen LogP) is 4.69. The van der Waals surface area contributed by atoms with Gasteiger partial charge in [0.25, 0.3) is 15.9 Å². The molecular weight excluding hydrogens is 384 g/mol. The Balaban J connectivity index is 1.89. The van der Waals surface area contributed by atoms with Crippen molar-refractivity contribution >= 4 is 27.3 Å². The number of para-hydroxylation sites is 1. The molecule has 0 fully saturated rings. The predicted molar refractivity (Wildman–Crippen MR) is 117 cm³/mol. The summed E-state index contributed by atoms with van der Waals surface area (Å²) in [5, 5.41) is 2.93. The van der Waals surface area contributed by atoms with Gasteiger partial charge in [-0.3, -0.25) is 9.10 Å². The van der Waals surface area contributed by atoms with Gasteiger partial charge in [-0.2, -0.15) is 0 Å². The molecule has 150 valence electrons. The number of amides is 1. The van der Waals surface area contributed by atoms with E-state index in [1.807, 2.05) is 39.0 Å². The van der Waals surface area contributed by atoms with E-state index in [2.05, 4.69) is 5.32 Å². The first kappa shape index (κ1) is 20.6. The molecule has 0 aliphatic rings. The van der Waals surface area contributed by atoms with Crippen LogP contribution in [0.5, 0.6) is 0 Å². The molecule has 0 bridgehead atoms. The second-order valence-electron chi connectivity index (χ2n) is 7.06. The fourth-order valence-electron chi connectivity index (χ4n) is 3.05. The van der Waals surface area contributed by atoms with E-state index in [0.29, 0.717) is 11.3 Å². The lowest BCUT2D eigenvalue weighted by atomic mass is 10.1. The Morgan fingerprint density at radius 1 is 0.862 bits per heavy atom. The van der Waals surface area contributed by atoms with E-state index in [1.54, 1.807) is 48.5 Å². The Morgan fingerprint density at radius 2 is 1.45 bits per heavy atom. The van der Waals surface area contributed by atoms with Gasteiger partial charge in [0.05, 0.1) is 10.6 Å². The van der Waals surface area contributed by atoms with E-state index in [4.69, 9.17) is 0 Å². The molecule has 0 unspecified atom stereocenters. The Hall–Kier alpha value is -3.12. The van der Waals surface area contributed by atoms with Crippen LogP contribution in [-0.2, 0) is 10.0 Å². The van der Waals surface area contributed by atoms with Crippen molar-refractivity contribution in [3.05, 3.63) is 89.0 Å². The summed E-state index contributed by atoms with van der Waals surface area (Å²) in [6.45, 7) is 5.76. The number of carbonyl (C=O) groups is 1. The molecule has 0 saturated heterocycles. The van der Waals surface area contributed by atoms with Crippen LogP contribution in [0, 0.1) is 20.8 Å². The molecule has 0 radical (unpaired) electrons. The van der Waals surface area contributed by atoms with Gasteiger partial charge in [-0.05, 0) is 62.2 Å². The highest BCUT2D eigenvalue weighted by atomic mass is 32.2. The number of nitrogens with one attached hydrogen (secondary N) is 1. The molecule has 1 N–H and O–H groups in total. The van der Waals surface area contributed by atoms with Gasteiger partial charge in [-0.25, -0.2) is 8.42 Å². The van der Waals surface area contributed by atoms with Crippen molar-refractivity contribution < 1.29 is 13.2 Å². The Bertz CT molecular complexity index is 1130. The molecule has 0 aliphatic carbocycles. The average molecular weight is 409 g/mol. The lowest BCUT2D eigenvalue weighted by molar-refractivity contribution is 0.102. The quantitative estimate of drug-likeness (QED) is 0.666. The van der Waals surface area contributed by atoms with Gasteiger partial charge in [0.1, 0.15) is 0 Å². The molecule has 1 amide bonds. The van der Waals surface area contributed by atoms with Gasteiger partial charge < -0.3 is 5.32 Å². The van der Waals surface area contributed by atoms with Gasteiger partial charge in [0.2, 0.25) is 0 Å². The third kappa shape index (κ3) is 4.32. The van der Waals surface area contributed by atoms with Crippen LogP contribution in [0.25, 0.3) is 0 Å². The highest BCUT2D eigenvalue weighted by Crippen LogP contribution is 2.25. The zero-order valence-corrected chi connectivity index (χ0v) is 17.7. The highest BCUT2D eigenvalue weighted by molar-refractivity contribution is 7.92. The van der Waals surface area contributed by atoms with Crippen LogP contribution in [-0.4, -0.2) is 21.4 Å². The third-order valence-electron chi connectivity index (χ3n) is 4.87. The van der Waals surface area contributed by atoms with Crippen LogP contribution in [0.1, 0.15) is 27.0 Å². The number of benzene rings is 3. The minimum atomic E-state index is -3.72. The summed E-state index contributed by atoms with van der Waals surface area (Å²) in [5.74, 6) is -0.287. The number of hydrogen-bond acceptors (Lipinski definition) is 3. The van der Waals surface area contributed by atoms with Gasteiger partial charge >= 0.3 is 0 Å². The van der Waals surface area contributed by atoms with E-state index in [0.717, 1.165) is 22.4 Å². The topological polar surface area (TPSA) is 66.5 Å². The fourth-order valence-corrected chi connectivity index (χ4v) is 4.23. The summed E-state index contributed by atoms with van der Waals surface area (Å²) < 4.78 is 27.0. The summed E-state index contributed by atoms with van der Waals surface area (Å²) in [6, 6.07) is 19.1. The van der Waals surface area contributed by atoms with E-state index in [1.165, 1.54) is 11.4 Å². The highest BCUT2D eigenvalue weighted by Gasteiger charge is 2.22. The monoisotopic (exact) mass is 408 g/mol. The number of hydrogen-bond donors (Lipinski definition) is 1. The molecule has 3 aromatic rings. The minimum Gasteiger partial charge on any atom is -0.322 e. The molecular formula is C23H24N2O3S. The molecule has 0 heterocycles. The molecule has 3 aromatic carbocycles. The van der Waals surface area contributed by atoms with E-state index in [-0.39, 0.29) is 10.8 Å². The molecule has 0 spiro atoms. The maximum atomic E-state index is 12.9. The minimum absolute atomic E-state index is 0.205. The van der Waals surface area contributed by atoms with Crippen LogP contribution >= 0.6 is 0 Å². The van der Waals surface area contributed by atoms with E-state index < -0.39 is 10.0 Å². The Kier molecular flexibility index (Phi) is 5.75. The van der Waals surface area contributed by atoms with Gasteiger partial charge in [0, 0.05) is 18.3 Å². The maximum Gasteiger partial charge on any atom is 0.264 e. The number of carbonyl (C=O) groups excluding carboxylic acids is 1. The van der Waals surface area contributed by atoms with Crippen LogP contribution < -0.4 is 9.62 Å². The van der Waals surface area contributed by atoms with Crippen molar-refractivity contribution in [2.45, 2.75) is 25.7 Å². The number of aryl methyl sites for hydroxylation is 3. The van der Waals surface area contributed by atoms with Gasteiger partial charge in [-0.1, -0.05) is 42.0 Å². The second-order valence-corrected chi connectivity index (χ2v) is 9.03. The molecule has 6 heteroatoms. The molecule has 0 atom stereocenters. The lowest BCUT2D eigenvalue weighted by Gasteiger charge is -2.20. The van der Waals surface area contributed by atoms with Crippen LogP contribution in [0.15, 0.2) is 71.6 Å². The first-order chi connectivity index (χ1) is 13.7. The number of sulfonamides is 1. The van der Waals surface area contributed by atoms with Crippen LogP contribution in [0.2, 0.25) is 0 Å². The Morgan fingerprint density at radius 3 is 2.07 bits per heavy atom. The summed E-state index contributed by atoms with van der Waals surface area (Å²) in [4.78, 5) is 13.0. The number of rotatable bonds is 5. The fraction of sp³-hybridized carbons (Fsp3) is 0.174. The largest absolute Gasteiger partial charge is 0.322 e. The van der Waals surface area contributed by atoms with Crippen molar-refractivity contribution in [3.63, 3.8) is 0 Å². The van der Waals surface area contributed by atoms with Crippen molar-refractivity contribution in [2.75, 3.05) is 16.7 Å². The zero-order chi connectivity index (χ0) is 21.2. The molecule has 29 heavy (non-hydrogen) atoms. The first-order valence-electron chi connectivity index (χ1n) is 9.23. The molecule has 5 nitrogen and oxygen atoms in total. The maximum absolute atomic E-state index is 12.9. The van der Waals surface area contributed by atoms with Gasteiger partial charge in [0.15, 0.2) is 0 Å². The summed E-state index contributed by atoms with van der Waals surface area (Å²) in [7, 11) is -2.24. The lowest BCUT2D eigenvalue weighted by Crippen LogP contribution is -2.27. The zero-order valence-electron chi connectivity index (χ0n) is 16.9. The molecule has 0 aliphatic heterocycles. The molecule has 3 rings (SSSR count). The first-order valence-corrected chi connectivity index (χ1v) is 10.7. The van der Waals surface area contributed by atoms with Crippen LogP contribution in [0.4, 0.5) is 11.4 Å². The Labute approximate surface area is 172 Å². The number of nitrogens with zero attached hydrogens (tertiary/aromatic N) is 1. The molecule has 0 aromatic heterocycles. The SMILES string of the molecule is Cc1ccc(S(=O)(=O)N(C)c2cccc(C(=O)Nc3c(C)cccc3C)c2)cc1. The summed E-state index contributed by atoms with van der Waals surface area (Å²) >= 11 is 0. The van der Waals surface area contributed by atoms with Crippen LogP contribution in [0.3, 0.4) is 0 Å². The second kappa shape index (κ2) is 8.09. The standard InChI is InChI=1S/C23H24N2O3S/c1-16-11-13-21(14-12-16)29(27,28)25(4)20-10-6-9-19(15-20)23(26)24-22-17(2)7-5-8-18(22)3/h5-15H,1-4H3,(H,24,26). The van der Waals surface area contributed by atoms with Crippen molar-refractivity contribution in [1.82, 2.24) is 0 Å². The van der Waals surface area contributed by atoms with E-state index >= 15 is 0 Å². The smallest absolute Gasteiger partial charge is 0.264 e. The van der Waals surface area contributed by atoms with Gasteiger partial charge in [-0.15, -0.1) is 0 Å². The number of anilines is 2. The normalized spacial score (nSPS) is 11.2. The third-order valence-corrected chi connectivity index (χ3v) is 6.67. The average Bonchev–Trinajstić information content (AvgIpc) is 2.70. The van der Waals surface area contributed by atoms with Crippen molar-refractivity contribution in [2.24, 2.45) is 0 Å². The van der Waals surface area contributed by atoms with Crippen molar-refractivity contribution in [1.29, 1.82) is 0 Å². The summed E-state index contributed by atoms with van der Waals surface area (Å²) in [6.07, 6.45) is 0.